The molecule has 2 amide bonds. The third-order valence-corrected chi connectivity index (χ3v) is 11.7. The SMILES string of the molecule is COc1ccc(OC)c(N(CC(=O)N(Cc2ccc(Cl)c(Cl)c2)C(Cc2ccccc2)C(=O)NC2CCCC2)S(=O)(=O)c2ccc(OC)c(OC)c2)c1. The van der Waals surface area contributed by atoms with Gasteiger partial charge in [-0.2, -0.15) is 0 Å². The second-order valence-corrected chi connectivity index (χ2v) is 15.2. The summed E-state index contributed by atoms with van der Waals surface area (Å²) in [6.45, 7) is -0.797. The van der Waals surface area contributed by atoms with E-state index in [1.54, 1.807) is 30.3 Å². The number of anilines is 1. The van der Waals surface area contributed by atoms with Gasteiger partial charge in [-0.05, 0) is 60.4 Å². The number of rotatable bonds is 16. The molecule has 5 rings (SSSR count). The fourth-order valence-corrected chi connectivity index (χ4v) is 8.12. The van der Waals surface area contributed by atoms with Crippen LogP contribution < -0.4 is 28.6 Å². The van der Waals surface area contributed by atoms with Crippen molar-refractivity contribution in [2.75, 3.05) is 39.3 Å². The molecular formula is C39H43Cl2N3O8S. The lowest BCUT2D eigenvalue weighted by Crippen LogP contribution is -2.54. The van der Waals surface area contributed by atoms with Gasteiger partial charge in [0.15, 0.2) is 11.5 Å². The predicted octanol–water partition coefficient (Wildman–Crippen LogP) is 6.92. The Labute approximate surface area is 320 Å². The van der Waals surface area contributed by atoms with Gasteiger partial charge in [0, 0.05) is 31.1 Å². The first-order valence-corrected chi connectivity index (χ1v) is 19.2. The van der Waals surface area contributed by atoms with Crippen molar-refractivity contribution >= 4 is 50.7 Å². The van der Waals surface area contributed by atoms with Gasteiger partial charge in [-0.3, -0.25) is 13.9 Å². The van der Waals surface area contributed by atoms with Crippen molar-refractivity contribution in [3.05, 3.63) is 106 Å². The minimum absolute atomic E-state index is 0.0364. The number of nitrogens with one attached hydrogen (secondary N) is 1. The molecule has 14 heteroatoms. The van der Waals surface area contributed by atoms with Gasteiger partial charge in [0.25, 0.3) is 10.0 Å². The van der Waals surface area contributed by atoms with Crippen molar-refractivity contribution in [3.8, 4) is 23.0 Å². The summed E-state index contributed by atoms with van der Waals surface area (Å²) in [5.41, 5.74) is 1.45. The third-order valence-electron chi connectivity index (χ3n) is 9.19. The summed E-state index contributed by atoms with van der Waals surface area (Å²) in [6.07, 6.45) is 3.81. The van der Waals surface area contributed by atoms with Crippen molar-refractivity contribution in [2.45, 2.75) is 55.6 Å². The van der Waals surface area contributed by atoms with E-state index in [2.05, 4.69) is 5.32 Å². The van der Waals surface area contributed by atoms with Crippen molar-refractivity contribution in [1.82, 2.24) is 10.2 Å². The van der Waals surface area contributed by atoms with Crippen molar-refractivity contribution < 1.29 is 37.0 Å². The number of benzene rings is 4. The normalized spacial score (nSPS) is 13.5. The molecule has 0 bridgehead atoms. The van der Waals surface area contributed by atoms with E-state index in [4.69, 9.17) is 42.1 Å². The average molecular weight is 785 g/mol. The number of carbonyl (C=O) groups is 2. The van der Waals surface area contributed by atoms with Gasteiger partial charge in [0.1, 0.15) is 24.1 Å². The quantitative estimate of drug-likeness (QED) is 0.130. The number of carbonyl (C=O) groups excluding carboxylic acids is 2. The summed E-state index contributed by atoms with van der Waals surface area (Å²) in [6, 6.07) is 22.0. The van der Waals surface area contributed by atoms with Crippen LogP contribution >= 0.6 is 23.2 Å². The van der Waals surface area contributed by atoms with Gasteiger partial charge < -0.3 is 29.2 Å². The number of methoxy groups -OCH3 is 4. The molecule has 282 valence electrons. The van der Waals surface area contributed by atoms with Gasteiger partial charge >= 0.3 is 0 Å². The fourth-order valence-electron chi connectivity index (χ4n) is 6.37. The Balaban J connectivity index is 1.65. The molecule has 1 fully saturated rings. The number of nitrogens with zero attached hydrogens (tertiary/aromatic N) is 2. The highest BCUT2D eigenvalue weighted by Crippen LogP contribution is 2.38. The number of hydrogen-bond acceptors (Lipinski definition) is 8. The second-order valence-electron chi connectivity index (χ2n) is 12.5. The molecule has 0 aliphatic heterocycles. The Kier molecular flexibility index (Phi) is 13.4. The third kappa shape index (κ3) is 9.48. The first-order chi connectivity index (χ1) is 25.5. The van der Waals surface area contributed by atoms with E-state index in [0.717, 1.165) is 35.6 Å². The first kappa shape index (κ1) is 39.6. The Morgan fingerprint density at radius 3 is 2.09 bits per heavy atom. The molecule has 53 heavy (non-hydrogen) atoms. The minimum Gasteiger partial charge on any atom is -0.497 e. The predicted molar refractivity (Wildman–Crippen MR) is 205 cm³/mol. The number of ether oxygens (including phenoxy) is 4. The topological polar surface area (TPSA) is 124 Å². The zero-order chi connectivity index (χ0) is 38.1. The maximum Gasteiger partial charge on any atom is 0.265 e. The average Bonchev–Trinajstić information content (AvgIpc) is 3.69. The lowest BCUT2D eigenvalue weighted by atomic mass is 10.0. The Bertz CT molecular complexity index is 2010. The largest absolute Gasteiger partial charge is 0.497 e. The van der Waals surface area contributed by atoms with Crippen LogP contribution in [0.3, 0.4) is 0 Å². The molecule has 4 aromatic rings. The van der Waals surface area contributed by atoms with Gasteiger partial charge in [-0.25, -0.2) is 8.42 Å². The molecule has 1 aliphatic carbocycles. The van der Waals surface area contributed by atoms with Crippen LogP contribution in [-0.2, 0) is 32.6 Å². The second kappa shape index (κ2) is 17.9. The lowest BCUT2D eigenvalue weighted by molar-refractivity contribution is -0.140. The van der Waals surface area contributed by atoms with Crippen molar-refractivity contribution in [1.29, 1.82) is 0 Å². The van der Waals surface area contributed by atoms with Crippen LogP contribution in [0.5, 0.6) is 23.0 Å². The van der Waals surface area contributed by atoms with Crippen LogP contribution in [0.4, 0.5) is 5.69 Å². The number of hydrogen-bond donors (Lipinski definition) is 1. The van der Waals surface area contributed by atoms with E-state index in [1.807, 2.05) is 30.3 Å². The summed E-state index contributed by atoms with van der Waals surface area (Å²) in [4.78, 5) is 30.5. The van der Waals surface area contributed by atoms with E-state index >= 15 is 0 Å². The monoisotopic (exact) mass is 783 g/mol. The van der Waals surface area contributed by atoms with Gasteiger partial charge in [0.2, 0.25) is 11.8 Å². The highest BCUT2D eigenvalue weighted by Gasteiger charge is 2.37. The zero-order valence-electron chi connectivity index (χ0n) is 30.0. The van der Waals surface area contributed by atoms with Crippen LogP contribution in [0, 0.1) is 0 Å². The van der Waals surface area contributed by atoms with E-state index in [9.17, 15) is 18.0 Å². The van der Waals surface area contributed by atoms with Crippen LogP contribution in [-0.4, -0.2) is 72.2 Å². The molecule has 11 nitrogen and oxygen atoms in total. The van der Waals surface area contributed by atoms with E-state index in [0.29, 0.717) is 22.1 Å². The molecule has 1 N–H and O–H groups in total. The lowest BCUT2D eigenvalue weighted by Gasteiger charge is -2.34. The molecule has 0 heterocycles. The van der Waals surface area contributed by atoms with Crippen LogP contribution in [0.1, 0.15) is 36.8 Å². The molecule has 0 spiro atoms. The minimum atomic E-state index is -4.53. The Morgan fingerprint density at radius 2 is 1.45 bits per heavy atom. The van der Waals surface area contributed by atoms with Crippen LogP contribution in [0.2, 0.25) is 10.0 Å². The molecule has 4 aromatic carbocycles. The van der Waals surface area contributed by atoms with E-state index in [-0.39, 0.29) is 52.0 Å². The smallest absolute Gasteiger partial charge is 0.265 e. The van der Waals surface area contributed by atoms with Crippen LogP contribution in [0.25, 0.3) is 0 Å². The summed E-state index contributed by atoms with van der Waals surface area (Å²) < 4.78 is 52.3. The molecule has 0 saturated heterocycles. The molecule has 0 radical (unpaired) electrons. The summed E-state index contributed by atoms with van der Waals surface area (Å²) in [7, 11) is 1.14. The van der Waals surface area contributed by atoms with Gasteiger partial charge in [0.05, 0.1) is 49.1 Å². The number of halogens is 2. The maximum absolute atomic E-state index is 15.0. The van der Waals surface area contributed by atoms with E-state index < -0.39 is 28.5 Å². The molecule has 1 atom stereocenters. The fraction of sp³-hybridized carbons (Fsp3) is 0.333. The molecular weight excluding hydrogens is 741 g/mol. The van der Waals surface area contributed by atoms with E-state index in [1.165, 1.54) is 57.6 Å². The maximum atomic E-state index is 15.0. The number of sulfonamides is 1. The van der Waals surface area contributed by atoms with Gasteiger partial charge in [-0.15, -0.1) is 0 Å². The standard InChI is InChI=1S/C39H43Cl2N3O8S/c1-49-29-15-18-35(50-2)33(22-29)44(53(47,48)30-16-19-36(51-3)37(23-30)52-4)25-38(45)43(24-27-14-17-31(40)32(41)20-27)34(21-26-10-6-5-7-11-26)39(46)42-28-12-8-9-13-28/h5-7,10-11,14-20,22-23,28,34H,8-9,12-13,21,24-25H2,1-4H3,(H,42,46). The molecule has 1 saturated carbocycles. The molecule has 1 unspecified atom stereocenters. The summed E-state index contributed by atoms with van der Waals surface area (Å²) in [5, 5.41) is 3.76. The Hall–Kier alpha value is -4.65. The molecule has 1 aliphatic rings. The van der Waals surface area contributed by atoms with Crippen molar-refractivity contribution in [3.63, 3.8) is 0 Å². The van der Waals surface area contributed by atoms with Crippen molar-refractivity contribution in [2.24, 2.45) is 0 Å². The number of amides is 2. The van der Waals surface area contributed by atoms with Crippen LogP contribution in [0.15, 0.2) is 89.8 Å². The Morgan fingerprint density at radius 1 is 0.774 bits per heavy atom. The van der Waals surface area contributed by atoms with Gasteiger partial charge in [-0.1, -0.05) is 72.4 Å². The highest BCUT2D eigenvalue weighted by atomic mass is 35.5. The molecule has 0 aromatic heterocycles. The summed E-state index contributed by atoms with van der Waals surface area (Å²) in [5.74, 6) is -0.0252. The first-order valence-electron chi connectivity index (χ1n) is 17.0. The highest BCUT2D eigenvalue weighted by molar-refractivity contribution is 7.92. The zero-order valence-corrected chi connectivity index (χ0v) is 32.3. The summed E-state index contributed by atoms with van der Waals surface area (Å²) >= 11 is 12.7.